The van der Waals surface area contributed by atoms with E-state index in [-0.39, 0.29) is 23.1 Å². The van der Waals surface area contributed by atoms with Crippen LogP contribution in [-0.4, -0.2) is 20.8 Å². The first-order valence-electron chi connectivity index (χ1n) is 5.57. The van der Waals surface area contributed by atoms with Crippen LogP contribution in [0.3, 0.4) is 0 Å². The summed E-state index contributed by atoms with van der Waals surface area (Å²) in [5, 5.41) is 7.04. The molecule has 0 fully saturated rings. The summed E-state index contributed by atoms with van der Waals surface area (Å²) < 4.78 is 64.8. The predicted molar refractivity (Wildman–Crippen MR) is 67.5 cm³/mol. The Morgan fingerprint density at radius 3 is 2.29 bits per heavy atom. The summed E-state index contributed by atoms with van der Waals surface area (Å²) in [6, 6.07) is 2.59. The Hall–Kier alpha value is -1.97. The van der Waals surface area contributed by atoms with E-state index in [0.717, 1.165) is 10.7 Å². The van der Waals surface area contributed by atoms with Gasteiger partial charge in [-0.3, -0.25) is 4.79 Å². The maximum absolute atomic E-state index is 12.8. The summed E-state index contributed by atoms with van der Waals surface area (Å²) in [7, 11) is -9.77. The van der Waals surface area contributed by atoms with Gasteiger partial charge < -0.3 is 0 Å². The number of benzene rings is 1. The Kier molecular flexibility index (Phi) is 2.80. The summed E-state index contributed by atoms with van der Waals surface area (Å²) in [6.45, 7) is 2.62. The van der Waals surface area contributed by atoms with Crippen LogP contribution in [-0.2, 0) is 0 Å². The van der Waals surface area contributed by atoms with Crippen LogP contribution in [0.4, 0.5) is 19.4 Å². The molecule has 0 radical (unpaired) electrons. The van der Waals surface area contributed by atoms with E-state index in [0.29, 0.717) is 6.07 Å². The monoisotopic (exact) mass is 327 g/mol. The normalized spacial score (nSPS) is 15.4. The third kappa shape index (κ3) is 3.04. The van der Waals surface area contributed by atoms with Crippen molar-refractivity contribution in [2.24, 2.45) is 0 Å². The summed E-state index contributed by atoms with van der Waals surface area (Å²) in [5.74, 6) is -0.428. The molecular weight excluding hydrogens is 317 g/mol. The molecule has 0 saturated heterocycles. The summed E-state index contributed by atoms with van der Waals surface area (Å²) in [5.41, 5.74) is -0.118. The number of ketones is 1. The molecule has 0 saturated carbocycles. The molecule has 0 N–H and O–H groups in total. The molecule has 0 aliphatic carbocycles. The SMILES string of the molecule is CC(=O)c1nnn(-c2cccc(S(F)(F)(F)(F)F)c2)c1C. The van der Waals surface area contributed by atoms with Crippen molar-refractivity contribution in [3.8, 4) is 5.69 Å². The highest BCUT2D eigenvalue weighted by Crippen LogP contribution is 3.02. The molecule has 1 aromatic heterocycles. The van der Waals surface area contributed by atoms with Crippen LogP contribution in [0.25, 0.3) is 5.69 Å². The fourth-order valence-corrected chi connectivity index (χ4v) is 2.43. The first-order valence-corrected chi connectivity index (χ1v) is 7.52. The molecule has 1 aromatic carbocycles. The van der Waals surface area contributed by atoms with Gasteiger partial charge in [-0.25, -0.2) is 4.68 Å². The second-order valence-electron chi connectivity index (χ2n) is 4.46. The third-order valence-electron chi connectivity index (χ3n) is 2.74. The smallest absolute Gasteiger partial charge is 0.293 e. The van der Waals surface area contributed by atoms with E-state index in [4.69, 9.17) is 0 Å². The number of Topliss-reactive ketones (excluding diaryl/α,β-unsaturated/α-hetero) is 1. The number of carbonyl (C=O) groups excluding carboxylic acids is 1. The largest absolute Gasteiger partial charge is 0.310 e. The van der Waals surface area contributed by atoms with Gasteiger partial charge in [-0.05, 0) is 25.1 Å². The summed E-state index contributed by atoms with van der Waals surface area (Å²) in [4.78, 5) is 9.21. The lowest BCUT2D eigenvalue weighted by molar-refractivity contribution is 0.101. The molecule has 4 nitrogen and oxygen atoms in total. The van der Waals surface area contributed by atoms with E-state index < -0.39 is 20.9 Å². The van der Waals surface area contributed by atoms with Gasteiger partial charge in [0.2, 0.25) is 0 Å². The lowest BCUT2D eigenvalue weighted by Gasteiger charge is -2.40. The molecule has 10 heteroatoms. The average molecular weight is 327 g/mol. The topological polar surface area (TPSA) is 47.8 Å². The number of hydrogen-bond donors (Lipinski definition) is 0. The number of nitrogens with zero attached hydrogens (tertiary/aromatic N) is 3. The summed E-state index contributed by atoms with van der Waals surface area (Å²) in [6.07, 6.45) is 0. The van der Waals surface area contributed by atoms with E-state index in [9.17, 15) is 24.2 Å². The molecule has 116 valence electrons. The maximum Gasteiger partial charge on any atom is 0.310 e. The number of aromatic nitrogens is 3. The van der Waals surface area contributed by atoms with Crippen molar-refractivity contribution in [3.63, 3.8) is 0 Å². The minimum Gasteiger partial charge on any atom is -0.293 e. The molecule has 0 amide bonds. The zero-order valence-corrected chi connectivity index (χ0v) is 11.7. The van der Waals surface area contributed by atoms with Gasteiger partial charge in [0.25, 0.3) is 0 Å². The Labute approximate surface area is 116 Å². The second kappa shape index (κ2) is 3.81. The van der Waals surface area contributed by atoms with Gasteiger partial charge in [0.15, 0.2) is 11.5 Å². The van der Waals surface area contributed by atoms with Crippen molar-refractivity contribution in [1.82, 2.24) is 15.0 Å². The molecule has 0 spiro atoms. The first-order chi connectivity index (χ1) is 9.29. The van der Waals surface area contributed by atoms with Crippen LogP contribution < -0.4 is 0 Å². The van der Waals surface area contributed by atoms with Gasteiger partial charge >= 0.3 is 10.2 Å². The van der Waals surface area contributed by atoms with Crippen molar-refractivity contribution in [3.05, 3.63) is 35.7 Å². The van der Waals surface area contributed by atoms with Crippen molar-refractivity contribution >= 4 is 16.0 Å². The molecule has 21 heavy (non-hydrogen) atoms. The number of carbonyl (C=O) groups is 1. The average Bonchev–Trinajstić information content (AvgIpc) is 2.68. The Bertz CT molecular complexity index is 738. The van der Waals surface area contributed by atoms with Crippen molar-refractivity contribution < 1.29 is 24.2 Å². The highest BCUT2D eigenvalue weighted by Gasteiger charge is 2.65. The molecule has 2 aromatic rings. The first kappa shape index (κ1) is 15.4. The Morgan fingerprint density at radius 1 is 1.19 bits per heavy atom. The third-order valence-corrected chi connectivity index (χ3v) is 3.88. The van der Waals surface area contributed by atoms with Crippen LogP contribution in [0.15, 0.2) is 29.2 Å². The fraction of sp³-hybridized carbons (Fsp3) is 0.182. The predicted octanol–water partition coefficient (Wildman–Crippen LogP) is 4.44. The minimum absolute atomic E-state index is 0.0345. The van der Waals surface area contributed by atoms with E-state index in [1.807, 2.05) is 0 Å². The summed E-state index contributed by atoms with van der Waals surface area (Å²) >= 11 is 0. The number of hydrogen-bond acceptors (Lipinski definition) is 3. The molecule has 0 unspecified atom stereocenters. The van der Waals surface area contributed by atoms with Crippen LogP contribution in [0.2, 0.25) is 0 Å². The highest BCUT2D eigenvalue weighted by atomic mass is 32.5. The van der Waals surface area contributed by atoms with Gasteiger partial charge in [-0.2, -0.15) is 0 Å². The quantitative estimate of drug-likeness (QED) is 0.619. The zero-order chi connectivity index (χ0) is 16.1. The van der Waals surface area contributed by atoms with Crippen molar-refractivity contribution in [1.29, 1.82) is 0 Å². The van der Waals surface area contributed by atoms with E-state index >= 15 is 0 Å². The van der Waals surface area contributed by atoms with Crippen LogP contribution in [0.5, 0.6) is 0 Å². The minimum atomic E-state index is -9.77. The molecule has 2 rings (SSSR count). The van der Waals surface area contributed by atoms with Gasteiger partial charge in [-0.1, -0.05) is 30.7 Å². The van der Waals surface area contributed by atoms with Gasteiger partial charge in [0.1, 0.15) is 4.90 Å². The van der Waals surface area contributed by atoms with Crippen LogP contribution >= 0.6 is 10.2 Å². The van der Waals surface area contributed by atoms with Crippen LogP contribution in [0, 0.1) is 6.92 Å². The van der Waals surface area contributed by atoms with Gasteiger partial charge in [0, 0.05) is 6.92 Å². The van der Waals surface area contributed by atoms with E-state index in [1.165, 1.54) is 19.9 Å². The molecule has 1 heterocycles. The second-order valence-corrected chi connectivity index (χ2v) is 6.87. The lowest BCUT2D eigenvalue weighted by atomic mass is 10.2. The molecular formula is C11H10F5N3OS. The molecule has 0 bridgehead atoms. The Balaban J connectivity index is 2.62. The van der Waals surface area contributed by atoms with Gasteiger partial charge in [-0.15, -0.1) is 5.10 Å². The van der Waals surface area contributed by atoms with E-state index in [1.54, 1.807) is 0 Å². The molecule has 0 atom stereocenters. The van der Waals surface area contributed by atoms with Crippen LogP contribution in [0.1, 0.15) is 23.1 Å². The highest BCUT2D eigenvalue weighted by molar-refractivity contribution is 8.45. The van der Waals surface area contributed by atoms with Crippen molar-refractivity contribution in [2.75, 3.05) is 0 Å². The number of halogens is 5. The van der Waals surface area contributed by atoms with Gasteiger partial charge in [0.05, 0.1) is 11.4 Å². The van der Waals surface area contributed by atoms with Crippen molar-refractivity contribution in [2.45, 2.75) is 18.7 Å². The molecule has 0 aliphatic rings. The van der Waals surface area contributed by atoms with E-state index in [2.05, 4.69) is 10.3 Å². The Morgan fingerprint density at radius 2 is 1.81 bits per heavy atom. The fourth-order valence-electron chi connectivity index (χ4n) is 1.75. The zero-order valence-electron chi connectivity index (χ0n) is 10.9. The lowest BCUT2D eigenvalue weighted by Crippen LogP contribution is -2.08. The number of rotatable bonds is 3. The molecule has 0 aliphatic heterocycles. The maximum atomic E-state index is 12.8. The standard InChI is InChI=1S/C11H10F5N3OS/c1-7-11(8(2)20)17-18-19(7)9-4-3-5-10(6-9)21(12,13,14,15)16/h3-6H,1-2H3.